The number of piperidine rings is 1. The van der Waals surface area contributed by atoms with Crippen molar-refractivity contribution in [2.45, 2.75) is 50.7 Å². The normalized spacial score (nSPS) is 25.2. The van der Waals surface area contributed by atoms with Gasteiger partial charge in [-0.3, -0.25) is 9.36 Å². The number of aliphatic hydroxyl groups is 2. The van der Waals surface area contributed by atoms with Gasteiger partial charge in [0.25, 0.3) is 5.91 Å². The Morgan fingerprint density at radius 2 is 2.00 bits per heavy atom. The number of carbonyl (C=O) groups is 2. The van der Waals surface area contributed by atoms with Crippen molar-refractivity contribution >= 4 is 29.0 Å². The molecule has 0 saturated carbocycles. The fourth-order valence-electron chi connectivity index (χ4n) is 4.16. The number of ether oxygens (including phenoxy) is 1. The predicted molar refractivity (Wildman–Crippen MR) is 118 cm³/mol. The minimum Gasteiger partial charge on any atom is -0.465 e. The number of rotatable bonds is 4. The summed E-state index contributed by atoms with van der Waals surface area (Å²) < 4.78 is 7.04. The Hall–Kier alpha value is -3.47. The van der Waals surface area contributed by atoms with Crippen molar-refractivity contribution in [3.8, 4) is 11.8 Å². The van der Waals surface area contributed by atoms with Crippen molar-refractivity contribution in [2.24, 2.45) is 5.92 Å². The predicted octanol–water partition coefficient (Wildman–Crippen LogP) is -0.705. The molecule has 0 bridgehead atoms. The second kappa shape index (κ2) is 9.80. The molecule has 4 atom stereocenters. The van der Waals surface area contributed by atoms with Gasteiger partial charge in [0.15, 0.2) is 23.8 Å². The van der Waals surface area contributed by atoms with Crippen molar-refractivity contribution in [1.29, 1.82) is 0 Å². The zero-order valence-electron chi connectivity index (χ0n) is 18.6. The largest absolute Gasteiger partial charge is 0.465 e. The molecule has 4 rings (SSSR count). The Morgan fingerprint density at radius 1 is 1.26 bits per heavy atom. The smallest absolute Gasteiger partial charge is 0.407 e. The van der Waals surface area contributed by atoms with Crippen LogP contribution < -0.4 is 11.1 Å². The average molecular weight is 473 g/mol. The first-order valence-corrected chi connectivity index (χ1v) is 11.1. The molecule has 6 N–H and O–H groups in total. The number of aliphatic hydroxyl groups excluding tert-OH is 2. The molecule has 0 spiro atoms. The highest BCUT2D eigenvalue weighted by molar-refractivity contribution is 5.83. The first-order valence-electron chi connectivity index (χ1n) is 11.1. The van der Waals surface area contributed by atoms with Crippen molar-refractivity contribution in [3.05, 3.63) is 12.2 Å². The van der Waals surface area contributed by atoms with Gasteiger partial charge >= 0.3 is 6.09 Å². The number of likely N-dealkylation sites (N-methyl/N-ethyl adjacent to an activating group) is 1. The minimum atomic E-state index is -1.43. The van der Waals surface area contributed by atoms with Gasteiger partial charge in [0.2, 0.25) is 5.82 Å². The summed E-state index contributed by atoms with van der Waals surface area (Å²) in [6.45, 7) is 3.06. The zero-order chi connectivity index (χ0) is 24.4. The van der Waals surface area contributed by atoms with Gasteiger partial charge in [-0.2, -0.15) is 0 Å². The van der Waals surface area contributed by atoms with Crippen molar-refractivity contribution in [1.82, 2.24) is 29.7 Å². The SMILES string of the molecule is CCNC(=O)[C@H]1O[C@@H](n2cnc3c(N)nc(C#CCC4CCN(C(=O)O)CC4)nc32)[C@H](O)[C@@H]1O. The number of carbonyl (C=O) groups excluding carboxylic acids is 1. The number of nitrogens with two attached hydrogens (primary N) is 1. The number of carboxylic acid groups (broad SMARTS) is 1. The number of nitrogens with one attached hydrogen (secondary N) is 1. The number of nitrogens with zero attached hydrogens (tertiary/aromatic N) is 5. The monoisotopic (exact) mass is 473 g/mol. The Bertz CT molecular complexity index is 1130. The minimum absolute atomic E-state index is 0.0936. The van der Waals surface area contributed by atoms with Crippen LogP contribution in [0.1, 0.15) is 38.2 Å². The maximum absolute atomic E-state index is 12.2. The van der Waals surface area contributed by atoms with Crippen LogP contribution in [0.15, 0.2) is 6.33 Å². The number of aromatic nitrogens is 4. The molecule has 2 aromatic rings. The number of imidazole rings is 1. The first-order chi connectivity index (χ1) is 16.3. The molecule has 182 valence electrons. The van der Waals surface area contributed by atoms with E-state index in [0.717, 1.165) is 12.8 Å². The van der Waals surface area contributed by atoms with E-state index in [2.05, 4.69) is 32.1 Å². The van der Waals surface area contributed by atoms with Crippen LogP contribution in [0, 0.1) is 17.8 Å². The van der Waals surface area contributed by atoms with Crippen LogP contribution in [0.25, 0.3) is 11.2 Å². The van der Waals surface area contributed by atoms with Gasteiger partial charge < -0.3 is 36.0 Å². The third-order valence-electron chi connectivity index (χ3n) is 6.05. The van der Waals surface area contributed by atoms with Gasteiger partial charge in [0.1, 0.15) is 17.7 Å². The van der Waals surface area contributed by atoms with Gasteiger partial charge in [0, 0.05) is 26.1 Å². The van der Waals surface area contributed by atoms with Crippen molar-refractivity contribution in [3.63, 3.8) is 0 Å². The summed E-state index contributed by atoms with van der Waals surface area (Å²) in [4.78, 5) is 37.3. The van der Waals surface area contributed by atoms with E-state index in [9.17, 15) is 19.8 Å². The van der Waals surface area contributed by atoms with E-state index >= 15 is 0 Å². The highest BCUT2D eigenvalue weighted by atomic mass is 16.6. The molecule has 13 heteroatoms. The van der Waals surface area contributed by atoms with Crippen LogP contribution in [-0.4, -0.2) is 89.7 Å². The Kier molecular flexibility index (Phi) is 6.82. The Labute approximate surface area is 194 Å². The molecule has 34 heavy (non-hydrogen) atoms. The van der Waals surface area contributed by atoms with Crippen LogP contribution in [0.4, 0.5) is 10.6 Å². The standard InChI is InChI=1S/C21H27N7O6/c1-2-23-19(31)16-14(29)15(30)20(34-16)28-10-24-13-17(22)25-12(26-18(13)28)5-3-4-11-6-8-27(9-7-11)21(32)33/h10-11,14-16,20,29-30H,2,4,6-9H2,1H3,(H,23,31)(H,32,33)(H2,22,25,26)/t14-,15+,16-,20+/m0/s1. The van der Waals surface area contributed by atoms with E-state index in [4.69, 9.17) is 15.6 Å². The lowest BCUT2D eigenvalue weighted by Crippen LogP contribution is -2.42. The zero-order valence-corrected chi connectivity index (χ0v) is 18.6. The molecule has 2 saturated heterocycles. The van der Waals surface area contributed by atoms with Gasteiger partial charge in [-0.05, 0) is 31.6 Å². The summed E-state index contributed by atoms with van der Waals surface area (Å²) in [6, 6.07) is 0. The summed E-state index contributed by atoms with van der Waals surface area (Å²) in [7, 11) is 0. The molecule has 2 amide bonds. The highest BCUT2D eigenvalue weighted by Gasteiger charge is 2.47. The van der Waals surface area contributed by atoms with Crippen LogP contribution in [0.3, 0.4) is 0 Å². The highest BCUT2D eigenvalue weighted by Crippen LogP contribution is 2.32. The Morgan fingerprint density at radius 3 is 2.68 bits per heavy atom. The molecule has 0 radical (unpaired) electrons. The van der Waals surface area contributed by atoms with Crippen molar-refractivity contribution in [2.75, 3.05) is 25.4 Å². The molecule has 4 heterocycles. The van der Waals surface area contributed by atoms with Gasteiger partial charge in [-0.25, -0.2) is 19.7 Å². The average Bonchev–Trinajstić information content (AvgIpc) is 3.36. The van der Waals surface area contributed by atoms with Gasteiger partial charge in [-0.1, -0.05) is 5.92 Å². The lowest BCUT2D eigenvalue weighted by Gasteiger charge is -2.28. The van der Waals surface area contributed by atoms with E-state index < -0.39 is 36.5 Å². The fraction of sp³-hybridized carbons (Fsp3) is 0.571. The van der Waals surface area contributed by atoms with Crippen LogP contribution >= 0.6 is 0 Å². The van der Waals surface area contributed by atoms with E-state index in [-0.39, 0.29) is 28.7 Å². The van der Waals surface area contributed by atoms with E-state index in [1.807, 2.05) is 0 Å². The first kappa shape index (κ1) is 23.7. The van der Waals surface area contributed by atoms with E-state index in [1.165, 1.54) is 15.8 Å². The molecule has 2 aliphatic rings. The lowest BCUT2D eigenvalue weighted by molar-refractivity contribution is -0.137. The molecule has 0 aromatic carbocycles. The third-order valence-corrected chi connectivity index (χ3v) is 6.05. The molecule has 0 aliphatic carbocycles. The number of anilines is 1. The maximum Gasteiger partial charge on any atom is 0.407 e. The van der Waals surface area contributed by atoms with Gasteiger partial charge in [-0.15, -0.1) is 0 Å². The van der Waals surface area contributed by atoms with Crippen LogP contribution in [0.5, 0.6) is 0 Å². The molecular formula is C21H27N7O6. The molecule has 2 fully saturated rings. The second-order valence-electron chi connectivity index (χ2n) is 8.30. The van der Waals surface area contributed by atoms with Crippen LogP contribution in [-0.2, 0) is 9.53 Å². The maximum atomic E-state index is 12.2. The molecule has 2 aliphatic heterocycles. The molecule has 0 unspecified atom stereocenters. The molecular weight excluding hydrogens is 446 g/mol. The molecule has 2 aromatic heterocycles. The summed E-state index contributed by atoms with van der Waals surface area (Å²) in [6.07, 6.45) is -2.69. The lowest BCUT2D eigenvalue weighted by atomic mass is 9.94. The van der Waals surface area contributed by atoms with Gasteiger partial charge in [0.05, 0.1) is 6.33 Å². The number of hydrogen-bond donors (Lipinski definition) is 5. The van der Waals surface area contributed by atoms with E-state index in [0.29, 0.717) is 26.1 Å². The summed E-state index contributed by atoms with van der Waals surface area (Å²) in [5.41, 5.74) is 6.56. The topological polar surface area (TPSA) is 189 Å². The van der Waals surface area contributed by atoms with Crippen molar-refractivity contribution < 1.29 is 29.6 Å². The number of amides is 2. The number of fused-ring (bicyclic) bond motifs is 1. The van der Waals surface area contributed by atoms with Crippen LogP contribution in [0.2, 0.25) is 0 Å². The molecule has 13 nitrogen and oxygen atoms in total. The van der Waals surface area contributed by atoms with E-state index in [1.54, 1.807) is 6.92 Å². The Balaban J connectivity index is 1.52. The third kappa shape index (κ3) is 4.60. The number of likely N-dealkylation sites (tertiary alicyclic amines) is 1. The number of hydrogen-bond acceptors (Lipinski definition) is 9. The quantitative estimate of drug-likeness (QED) is 0.355. The summed E-state index contributed by atoms with van der Waals surface area (Å²) in [5.74, 6) is 5.93. The number of nitrogen functional groups attached to an aromatic ring is 1. The summed E-state index contributed by atoms with van der Waals surface area (Å²) in [5, 5.41) is 32.4. The fourth-order valence-corrected chi connectivity index (χ4v) is 4.16. The summed E-state index contributed by atoms with van der Waals surface area (Å²) >= 11 is 0. The second-order valence-corrected chi connectivity index (χ2v) is 8.30.